The van der Waals surface area contributed by atoms with E-state index in [2.05, 4.69) is 151 Å². The molecule has 1 atom stereocenters. The Hall–Kier alpha value is -4.47. The van der Waals surface area contributed by atoms with Crippen LogP contribution in [0, 0.1) is 18.1 Å². The number of pyridine rings is 1. The molecule has 0 bridgehead atoms. The van der Waals surface area contributed by atoms with Crippen molar-refractivity contribution in [2.75, 3.05) is 0 Å². The van der Waals surface area contributed by atoms with Gasteiger partial charge in [0.25, 0.3) is 0 Å². The largest absolute Gasteiger partial charge is 2.00 e. The number of fused-ring (bicyclic) bond motifs is 3. The molecule has 7 aromatic rings. The zero-order chi connectivity index (χ0) is 35.8. The first-order chi connectivity index (χ1) is 24.6. The molecule has 5 nitrogen and oxygen atoms in total. The van der Waals surface area contributed by atoms with Crippen LogP contribution in [-0.4, -0.2) is 19.3 Å². The maximum absolute atomic E-state index is 6.65. The first kappa shape index (κ1) is 37.3. The fourth-order valence-corrected chi connectivity index (χ4v) is 7.19. The van der Waals surface area contributed by atoms with Gasteiger partial charge in [0.15, 0.2) is 0 Å². The molecule has 3 heterocycles. The standard InChI is InChI=1S/C46H48N4O.Pt/c1-9-32(8)34-23-36(49-28-35(27-48-49)46-39(30(4)5)14-12-15-40(46)31(6)7)25-38(24-34)51-37-17-18-42-41-13-10-11-16-43(41)50(44(42)26-37)45-22-33(19-20-47-45)21-29(2)3;/h10-20,22-24,27-32H,9,21H2,1-8H3;/q-2;+2. The van der Waals surface area contributed by atoms with Gasteiger partial charge in [-0.05, 0) is 81.6 Å². The average molecular weight is 868 g/mol. The third-order valence-electron chi connectivity index (χ3n) is 9.98. The molecule has 1 unspecified atom stereocenters. The summed E-state index contributed by atoms with van der Waals surface area (Å²) >= 11 is 0. The first-order valence-electron chi connectivity index (χ1n) is 18.4. The van der Waals surface area contributed by atoms with Crippen LogP contribution in [0.15, 0.2) is 97.5 Å². The van der Waals surface area contributed by atoms with Crippen molar-refractivity contribution in [2.24, 2.45) is 5.92 Å². The maximum atomic E-state index is 6.65. The van der Waals surface area contributed by atoms with Gasteiger partial charge in [-0.25, -0.2) is 4.98 Å². The van der Waals surface area contributed by atoms with Gasteiger partial charge in [0, 0.05) is 35.0 Å². The molecule has 0 radical (unpaired) electrons. The second-order valence-corrected chi connectivity index (χ2v) is 14.9. The SMILES string of the molecule is CCC(C)c1cc(Oc2[c-]c3c(cc2)c2ccccc2n3-c2cc(CC(C)C)ccn2)[c-]c(-n2cc(-c3c(C(C)C)cccc3C(C)C)cn2)c1.[Pt+2]. The summed E-state index contributed by atoms with van der Waals surface area (Å²) in [7, 11) is 0. The van der Waals surface area contributed by atoms with Crippen LogP contribution in [0.1, 0.15) is 102 Å². The van der Waals surface area contributed by atoms with Gasteiger partial charge in [0.1, 0.15) is 5.82 Å². The molecule has 3 aromatic heterocycles. The minimum atomic E-state index is 0. The number of para-hydroxylation sites is 1. The summed E-state index contributed by atoms with van der Waals surface area (Å²) in [6, 6.07) is 35.1. The van der Waals surface area contributed by atoms with Gasteiger partial charge in [-0.15, -0.1) is 41.3 Å². The molecular weight excluding hydrogens is 820 g/mol. The van der Waals surface area contributed by atoms with Crippen LogP contribution in [0.2, 0.25) is 0 Å². The van der Waals surface area contributed by atoms with Gasteiger partial charge in [0.05, 0.1) is 6.20 Å². The zero-order valence-corrected chi connectivity index (χ0v) is 33.7. The number of hydrogen-bond donors (Lipinski definition) is 0. The van der Waals surface area contributed by atoms with Crippen molar-refractivity contribution in [3.63, 3.8) is 0 Å². The molecule has 4 aromatic carbocycles. The molecule has 6 heteroatoms. The molecule has 0 fully saturated rings. The Bertz CT molecular complexity index is 2300. The molecule has 7 rings (SSSR count). The molecule has 0 spiro atoms. The van der Waals surface area contributed by atoms with Crippen LogP contribution in [0.25, 0.3) is 44.4 Å². The van der Waals surface area contributed by atoms with Crippen LogP contribution in [0.4, 0.5) is 0 Å². The van der Waals surface area contributed by atoms with E-state index in [4.69, 9.17) is 14.8 Å². The summed E-state index contributed by atoms with van der Waals surface area (Å²) in [4.78, 5) is 4.83. The van der Waals surface area contributed by atoms with Gasteiger partial charge in [0.2, 0.25) is 0 Å². The van der Waals surface area contributed by atoms with Crippen molar-refractivity contribution in [2.45, 2.75) is 86.0 Å². The second kappa shape index (κ2) is 15.6. The van der Waals surface area contributed by atoms with E-state index in [-0.39, 0.29) is 21.1 Å². The van der Waals surface area contributed by atoms with Crippen molar-refractivity contribution < 1.29 is 25.8 Å². The summed E-state index contributed by atoms with van der Waals surface area (Å²) in [6.45, 7) is 18.0. The Labute approximate surface area is 323 Å². The molecule has 0 aliphatic rings. The molecule has 268 valence electrons. The smallest absolute Gasteiger partial charge is 0.509 e. The van der Waals surface area contributed by atoms with Gasteiger partial charge in [-0.3, -0.25) is 4.68 Å². The van der Waals surface area contributed by atoms with E-state index in [1.807, 2.05) is 23.1 Å². The molecule has 0 saturated heterocycles. The molecule has 0 amide bonds. The number of hydrogen-bond acceptors (Lipinski definition) is 3. The fraction of sp³-hybridized carbons (Fsp3) is 0.304. The molecule has 52 heavy (non-hydrogen) atoms. The number of aromatic nitrogens is 4. The van der Waals surface area contributed by atoms with Gasteiger partial charge < -0.3 is 9.30 Å². The monoisotopic (exact) mass is 867 g/mol. The Morgan fingerprint density at radius 1 is 0.769 bits per heavy atom. The van der Waals surface area contributed by atoms with E-state index >= 15 is 0 Å². The van der Waals surface area contributed by atoms with E-state index in [0.29, 0.717) is 35.2 Å². The van der Waals surface area contributed by atoms with Crippen molar-refractivity contribution in [1.29, 1.82) is 0 Å². The summed E-state index contributed by atoms with van der Waals surface area (Å²) in [5.74, 6) is 3.84. The predicted octanol–water partition coefficient (Wildman–Crippen LogP) is 12.4. The van der Waals surface area contributed by atoms with E-state index in [1.165, 1.54) is 27.8 Å². The van der Waals surface area contributed by atoms with Crippen molar-refractivity contribution >= 4 is 21.8 Å². The second-order valence-electron chi connectivity index (χ2n) is 14.9. The van der Waals surface area contributed by atoms with Crippen LogP contribution in [-0.2, 0) is 27.5 Å². The van der Waals surface area contributed by atoms with Crippen molar-refractivity contribution in [3.8, 4) is 34.1 Å². The maximum Gasteiger partial charge on any atom is 2.00 e. The van der Waals surface area contributed by atoms with Gasteiger partial charge in [-0.2, -0.15) is 11.2 Å². The first-order valence-corrected chi connectivity index (χ1v) is 18.4. The van der Waals surface area contributed by atoms with Crippen LogP contribution >= 0.6 is 0 Å². The topological polar surface area (TPSA) is 44.9 Å². The molecule has 0 aliphatic heterocycles. The van der Waals surface area contributed by atoms with E-state index in [0.717, 1.165) is 51.7 Å². The number of ether oxygens (including phenoxy) is 1. The van der Waals surface area contributed by atoms with Crippen LogP contribution in [0.3, 0.4) is 0 Å². The zero-order valence-electron chi connectivity index (χ0n) is 31.5. The minimum absolute atomic E-state index is 0. The minimum Gasteiger partial charge on any atom is -0.509 e. The van der Waals surface area contributed by atoms with E-state index in [1.54, 1.807) is 0 Å². The van der Waals surface area contributed by atoms with Crippen molar-refractivity contribution in [3.05, 3.63) is 132 Å². The molecule has 0 aliphatic carbocycles. The normalized spacial score (nSPS) is 12.3. The van der Waals surface area contributed by atoms with Gasteiger partial charge >= 0.3 is 21.1 Å². The Morgan fingerprint density at radius 3 is 2.23 bits per heavy atom. The van der Waals surface area contributed by atoms with Crippen LogP contribution in [0.5, 0.6) is 11.5 Å². The van der Waals surface area contributed by atoms with E-state index < -0.39 is 0 Å². The Balaban J connectivity index is 0.00000464. The average Bonchev–Trinajstić information content (AvgIpc) is 3.74. The Kier molecular flexibility index (Phi) is 11.2. The number of rotatable bonds is 11. The number of benzene rings is 4. The predicted molar refractivity (Wildman–Crippen MR) is 211 cm³/mol. The molecular formula is C46H48N4OPt. The third-order valence-corrected chi connectivity index (χ3v) is 9.98. The van der Waals surface area contributed by atoms with Crippen LogP contribution < -0.4 is 4.74 Å². The van der Waals surface area contributed by atoms with E-state index in [9.17, 15) is 0 Å². The summed E-state index contributed by atoms with van der Waals surface area (Å²) in [5, 5.41) is 7.16. The third kappa shape index (κ3) is 7.39. The van der Waals surface area contributed by atoms with Crippen molar-refractivity contribution in [1.82, 2.24) is 19.3 Å². The van der Waals surface area contributed by atoms with Gasteiger partial charge in [-0.1, -0.05) is 104 Å². The molecule has 0 N–H and O–H groups in total. The summed E-state index contributed by atoms with van der Waals surface area (Å²) in [6.07, 6.45) is 8.04. The fourth-order valence-electron chi connectivity index (χ4n) is 7.19. The molecule has 0 saturated carbocycles. The summed E-state index contributed by atoms with van der Waals surface area (Å²) in [5.41, 5.74) is 10.4. The summed E-state index contributed by atoms with van der Waals surface area (Å²) < 4.78 is 10.8. The quantitative estimate of drug-likeness (QED) is 0.122. The Morgan fingerprint density at radius 2 is 1.52 bits per heavy atom. The number of nitrogens with zero attached hydrogens (tertiary/aromatic N) is 4.